The lowest BCUT2D eigenvalue weighted by Crippen LogP contribution is -2.28. The van der Waals surface area contributed by atoms with Crippen molar-refractivity contribution >= 4 is 29.0 Å². The Morgan fingerprint density at radius 2 is 2.22 bits per heavy atom. The largest absolute Gasteiger partial charge is 0.481 e. The number of rotatable bonds is 3. The number of nitrogens with one attached hydrogen (secondary N) is 1. The molecule has 0 radical (unpaired) electrons. The smallest absolute Gasteiger partial charge is 0.315 e. The summed E-state index contributed by atoms with van der Waals surface area (Å²) in [5.41, 5.74) is 1.26. The van der Waals surface area contributed by atoms with E-state index >= 15 is 0 Å². The molecule has 2 rings (SSSR count). The highest BCUT2D eigenvalue weighted by atomic mass is 16.4. The van der Waals surface area contributed by atoms with Gasteiger partial charge >= 0.3 is 5.97 Å². The number of nitrogens with zero attached hydrogens (tertiary/aromatic N) is 3. The van der Waals surface area contributed by atoms with Crippen molar-refractivity contribution in [3.05, 3.63) is 18.3 Å². The van der Waals surface area contributed by atoms with Crippen LogP contribution in [0.15, 0.2) is 18.3 Å². The lowest BCUT2D eigenvalue weighted by atomic mass is 10.2. The molecule has 0 saturated carbocycles. The molecule has 7 nitrogen and oxygen atoms in total. The fourth-order valence-corrected chi connectivity index (χ4v) is 1.47. The summed E-state index contributed by atoms with van der Waals surface area (Å²) >= 11 is 0. The first-order valence-electron chi connectivity index (χ1n) is 5.32. The van der Waals surface area contributed by atoms with Crippen LogP contribution in [0.3, 0.4) is 0 Å². The van der Waals surface area contributed by atoms with Crippen molar-refractivity contribution in [2.75, 3.05) is 5.32 Å². The van der Waals surface area contributed by atoms with E-state index in [4.69, 9.17) is 5.11 Å². The first-order valence-corrected chi connectivity index (χ1v) is 5.32. The van der Waals surface area contributed by atoms with Gasteiger partial charge in [0.25, 0.3) is 0 Å². The number of aliphatic carboxylic acids is 1. The van der Waals surface area contributed by atoms with E-state index in [-0.39, 0.29) is 5.95 Å². The summed E-state index contributed by atoms with van der Waals surface area (Å²) < 4.78 is 1.60. The standard InChI is InChI=1S/C11H12N4O3/c1-6(10(17)18)9(16)14-11-13-7-4-3-5-12-8(7)15(11)2/h3-6H,1-2H3,(H,17,18)(H,13,14,16). The number of imidazole rings is 1. The molecule has 1 amide bonds. The van der Waals surface area contributed by atoms with Crippen molar-refractivity contribution in [2.45, 2.75) is 6.92 Å². The van der Waals surface area contributed by atoms with Crippen LogP contribution in [0.5, 0.6) is 0 Å². The lowest BCUT2D eigenvalue weighted by Gasteiger charge is -2.07. The van der Waals surface area contributed by atoms with Crippen LogP contribution >= 0.6 is 0 Å². The van der Waals surface area contributed by atoms with Crippen LogP contribution in [0.4, 0.5) is 5.95 Å². The molecule has 18 heavy (non-hydrogen) atoms. The monoisotopic (exact) mass is 248 g/mol. The van der Waals surface area contributed by atoms with Crippen molar-refractivity contribution in [3.63, 3.8) is 0 Å². The number of hydrogen-bond acceptors (Lipinski definition) is 4. The first-order chi connectivity index (χ1) is 8.50. The molecule has 2 aromatic rings. The van der Waals surface area contributed by atoms with E-state index in [2.05, 4.69) is 15.3 Å². The van der Waals surface area contributed by atoms with Crippen LogP contribution in [0, 0.1) is 5.92 Å². The molecule has 2 N–H and O–H groups in total. The van der Waals surface area contributed by atoms with Crippen LogP contribution in [-0.2, 0) is 16.6 Å². The zero-order valence-corrected chi connectivity index (χ0v) is 9.91. The Balaban J connectivity index is 2.30. The second-order valence-corrected chi connectivity index (χ2v) is 3.89. The van der Waals surface area contributed by atoms with E-state index in [0.717, 1.165) is 0 Å². The van der Waals surface area contributed by atoms with Crippen molar-refractivity contribution in [1.29, 1.82) is 0 Å². The number of carbonyl (C=O) groups excluding carboxylic acids is 1. The van der Waals surface area contributed by atoms with E-state index in [1.807, 2.05) is 0 Å². The number of anilines is 1. The van der Waals surface area contributed by atoms with Crippen LogP contribution in [-0.4, -0.2) is 31.5 Å². The number of amides is 1. The quantitative estimate of drug-likeness (QED) is 0.776. The molecule has 0 saturated heterocycles. The van der Waals surface area contributed by atoms with E-state index < -0.39 is 17.8 Å². The molecule has 0 fully saturated rings. The van der Waals surface area contributed by atoms with Crippen LogP contribution < -0.4 is 5.32 Å². The number of hydrogen-bond donors (Lipinski definition) is 2. The minimum Gasteiger partial charge on any atom is -0.481 e. The molecule has 1 atom stereocenters. The maximum absolute atomic E-state index is 11.6. The Labute approximate surface area is 102 Å². The maximum Gasteiger partial charge on any atom is 0.315 e. The topological polar surface area (TPSA) is 97.1 Å². The summed E-state index contributed by atoms with van der Waals surface area (Å²) in [5.74, 6) is -2.63. The van der Waals surface area contributed by atoms with Gasteiger partial charge in [-0.05, 0) is 19.1 Å². The number of fused-ring (bicyclic) bond motifs is 1. The molecular weight excluding hydrogens is 236 g/mol. The first kappa shape index (κ1) is 12.0. The summed E-state index contributed by atoms with van der Waals surface area (Å²) in [5, 5.41) is 11.2. The predicted molar refractivity (Wildman–Crippen MR) is 63.9 cm³/mol. The summed E-state index contributed by atoms with van der Waals surface area (Å²) in [6, 6.07) is 3.50. The van der Waals surface area contributed by atoms with Crippen LogP contribution in [0.2, 0.25) is 0 Å². The van der Waals surface area contributed by atoms with Gasteiger partial charge in [0.1, 0.15) is 11.4 Å². The van der Waals surface area contributed by atoms with Gasteiger partial charge in [0, 0.05) is 13.2 Å². The van der Waals surface area contributed by atoms with Gasteiger partial charge in [-0.25, -0.2) is 9.97 Å². The van der Waals surface area contributed by atoms with Gasteiger partial charge < -0.3 is 5.11 Å². The minimum atomic E-state index is -1.18. The van der Waals surface area contributed by atoms with Gasteiger partial charge in [-0.15, -0.1) is 0 Å². The van der Waals surface area contributed by atoms with E-state index in [0.29, 0.717) is 11.2 Å². The average molecular weight is 248 g/mol. The number of carbonyl (C=O) groups is 2. The van der Waals surface area contributed by atoms with Crippen molar-refractivity contribution in [1.82, 2.24) is 14.5 Å². The summed E-state index contributed by atoms with van der Waals surface area (Å²) in [6.07, 6.45) is 1.62. The molecule has 0 aliphatic heterocycles. The SMILES string of the molecule is CC(C(=O)O)C(=O)Nc1nc2cccnc2n1C. The van der Waals surface area contributed by atoms with Crippen LogP contribution in [0.25, 0.3) is 11.2 Å². The summed E-state index contributed by atoms with van der Waals surface area (Å²) in [6.45, 7) is 1.32. The fraction of sp³-hybridized carbons (Fsp3) is 0.273. The van der Waals surface area contributed by atoms with Gasteiger partial charge in [-0.3, -0.25) is 19.5 Å². The van der Waals surface area contributed by atoms with Crippen molar-refractivity contribution in [2.24, 2.45) is 13.0 Å². The number of pyridine rings is 1. The highest BCUT2D eigenvalue weighted by Gasteiger charge is 2.22. The third kappa shape index (κ3) is 2.02. The Hall–Kier alpha value is -2.44. The second-order valence-electron chi connectivity index (χ2n) is 3.89. The molecule has 1 unspecified atom stereocenters. The number of aryl methyl sites for hydroxylation is 1. The molecule has 7 heteroatoms. The number of aromatic nitrogens is 3. The predicted octanol–water partition coefficient (Wildman–Crippen LogP) is 0.627. The van der Waals surface area contributed by atoms with Gasteiger partial charge in [0.05, 0.1) is 0 Å². The van der Waals surface area contributed by atoms with Gasteiger partial charge in [-0.1, -0.05) is 0 Å². The van der Waals surface area contributed by atoms with Crippen molar-refractivity contribution in [3.8, 4) is 0 Å². The van der Waals surface area contributed by atoms with Crippen LogP contribution in [0.1, 0.15) is 6.92 Å². The summed E-state index contributed by atoms with van der Waals surface area (Å²) in [7, 11) is 1.70. The summed E-state index contributed by atoms with van der Waals surface area (Å²) in [4.78, 5) is 30.6. The van der Waals surface area contributed by atoms with Crippen molar-refractivity contribution < 1.29 is 14.7 Å². The molecule has 0 spiro atoms. The van der Waals surface area contributed by atoms with E-state index in [9.17, 15) is 9.59 Å². The molecule has 0 aliphatic rings. The third-order valence-electron chi connectivity index (χ3n) is 2.63. The molecule has 0 aromatic carbocycles. The molecule has 94 valence electrons. The number of carboxylic acid groups (broad SMARTS) is 1. The Morgan fingerprint density at radius 1 is 1.50 bits per heavy atom. The normalized spacial score (nSPS) is 12.3. The molecule has 2 heterocycles. The Morgan fingerprint density at radius 3 is 2.83 bits per heavy atom. The average Bonchev–Trinajstić information content (AvgIpc) is 2.66. The molecule has 0 aliphatic carbocycles. The van der Waals surface area contributed by atoms with E-state index in [1.165, 1.54) is 6.92 Å². The zero-order chi connectivity index (χ0) is 13.3. The Kier molecular flexibility index (Phi) is 2.97. The van der Waals surface area contributed by atoms with E-state index in [1.54, 1.807) is 29.9 Å². The minimum absolute atomic E-state index is 0.279. The van der Waals surface area contributed by atoms with Gasteiger partial charge in [0.2, 0.25) is 11.9 Å². The molecule has 2 aromatic heterocycles. The third-order valence-corrected chi connectivity index (χ3v) is 2.63. The fourth-order valence-electron chi connectivity index (χ4n) is 1.47. The van der Waals surface area contributed by atoms with Gasteiger partial charge in [0.15, 0.2) is 5.65 Å². The highest BCUT2D eigenvalue weighted by Crippen LogP contribution is 2.15. The number of carboxylic acids is 1. The molecular formula is C11H12N4O3. The maximum atomic E-state index is 11.6. The Bertz CT molecular complexity index is 620. The highest BCUT2D eigenvalue weighted by molar-refractivity contribution is 6.03. The van der Waals surface area contributed by atoms with Gasteiger partial charge in [-0.2, -0.15) is 0 Å². The lowest BCUT2D eigenvalue weighted by molar-refractivity contribution is -0.144. The second kappa shape index (κ2) is 4.44. The molecule has 0 bridgehead atoms. The zero-order valence-electron chi connectivity index (χ0n) is 9.91.